The van der Waals surface area contributed by atoms with Crippen LogP contribution in [0.5, 0.6) is 11.5 Å². The first-order chi connectivity index (χ1) is 14.6. The number of carbonyl (C=O) groups is 1. The number of aryl methyl sites for hydroxylation is 1. The molecule has 0 radical (unpaired) electrons. The molecule has 0 fully saturated rings. The van der Waals surface area contributed by atoms with Crippen molar-refractivity contribution in [3.05, 3.63) is 60.7 Å². The molecule has 7 nitrogen and oxygen atoms in total. The molecule has 0 unspecified atom stereocenters. The smallest absolute Gasteiger partial charge is 0.234 e. The maximum atomic E-state index is 12.5. The number of nitrogens with one attached hydrogen (secondary N) is 1. The first kappa shape index (κ1) is 21.4. The predicted molar refractivity (Wildman–Crippen MR) is 119 cm³/mol. The second-order valence-corrected chi connectivity index (χ2v) is 7.39. The second-order valence-electron chi connectivity index (χ2n) is 6.45. The summed E-state index contributed by atoms with van der Waals surface area (Å²) in [6, 6.07) is 13.3. The summed E-state index contributed by atoms with van der Waals surface area (Å²) in [5, 5.41) is 12.1. The van der Waals surface area contributed by atoms with Gasteiger partial charge in [-0.05, 0) is 36.8 Å². The fraction of sp³-hybridized carbons (Fsp3) is 0.227. The number of hydrogen-bond acceptors (Lipinski definition) is 6. The molecule has 3 rings (SSSR count). The SMILES string of the molecule is C=CCn1c(SCC(=O)Nc2cc(C)ccc2OC)nnc1-c1ccccc1OC. The summed E-state index contributed by atoms with van der Waals surface area (Å²) in [7, 11) is 3.19. The zero-order valence-electron chi connectivity index (χ0n) is 17.2. The van der Waals surface area contributed by atoms with Crippen molar-refractivity contribution in [2.24, 2.45) is 0 Å². The quantitative estimate of drug-likeness (QED) is 0.410. The highest BCUT2D eigenvalue weighted by Gasteiger charge is 2.18. The van der Waals surface area contributed by atoms with Crippen LogP contribution in [-0.4, -0.2) is 40.6 Å². The third-order valence-electron chi connectivity index (χ3n) is 4.34. The topological polar surface area (TPSA) is 78.3 Å². The van der Waals surface area contributed by atoms with Gasteiger partial charge in [0.15, 0.2) is 11.0 Å². The van der Waals surface area contributed by atoms with Crippen LogP contribution in [0.25, 0.3) is 11.4 Å². The van der Waals surface area contributed by atoms with Crippen LogP contribution in [0, 0.1) is 6.92 Å². The van der Waals surface area contributed by atoms with Gasteiger partial charge in [0.25, 0.3) is 0 Å². The zero-order valence-corrected chi connectivity index (χ0v) is 18.0. The van der Waals surface area contributed by atoms with Crippen LogP contribution >= 0.6 is 11.8 Å². The van der Waals surface area contributed by atoms with E-state index in [1.165, 1.54) is 11.8 Å². The summed E-state index contributed by atoms with van der Waals surface area (Å²) < 4.78 is 12.7. The van der Waals surface area contributed by atoms with Gasteiger partial charge in [-0.25, -0.2) is 0 Å². The number of benzene rings is 2. The number of rotatable bonds is 9. The van der Waals surface area contributed by atoms with Gasteiger partial charge >= 0.3 is 0 Å². The number of para-hydroxylation sites is 1. The Hall–Kier alpha value is -3.26. The average Bonchev–Trinajstić information content (AvgIpc) is 3.15. The van der Waals surface area contributed by atoms with E-state index in [0.29, 0.717) is 34.7 Å². The summed E-state index contributed by atoms with van der Waals surface area (Å²) in [6.45, 7) is 6.29. The molecule has 0 aliphatic rings. The molecule has 0 spiro atoms. The van der Waals surface area contributed by atoms with Crippen LogP contribution in [0.3, 0.4) is 0 Å². The van der Waals surface area contributed by atoms with Crippen molar-refractivity contribution >= 4 is 23.4 Å². The number of ether oxygens (including phenoxy) is 2. The van der Waals surface area contributed by atoms with Crippen LogP contribution < -0.4 is 14.8 Å². The largest absolute Gasteiger partial charge is 0.496 e. The minimum absolute atomic E-state index is 0.157. The Morgan fingerprint density at radius 2 is 1.93 bits per heavy atom. The fourth-order valence-electron chi connectivity index (χ4n) is 2.95. The van der Waals surface area contributed by atoms with Gasteiger partial charge in [0, 0.05) is 6.54 Å². The summed E-state index contributed by atoms with van der Waals surface area (Å²) in [4.78, 5) is 12.5. The minimum atomic E-state index is -0.157. The van der Waals surface area contributed by atoms with Crippen molar-refractivity contribution in [3.63, 3.8) is 0 Å². The van der Waals surface area contributed by atoms with E-state index in [9.17, 15) is 4.79 Å². The molecule has 156 valence electrons. The van der Waals surface area contributed by atoms with Gasteiger partial charge in [0.2, 0.25) is 5.91 Å². The second kappa shape index (κ2) is 9.98. The van der Waals surface area contributed by atoms with Crippen molar-refractivity contribution in [1.29, 1.82) is 0 Å². The van der Waals surface area contributed by atoms with Gasteiger partial charge in [-0.1, -0.05) is 36.0 Å². The Labute approximate surface area is 180 Å². The number of thioether (sulfide) groups is 1. The van der Waals surface area contributed by atoms with E-state index in [1.54, 1.807) is 20.3 Å². The number of methoxy groups -OCH3 is 2. The number of anilines is 1. The van der Waals surface area contributed by atoms with Gasteiger partial charge in [0.05, 0.1) is 31.2 Å². The zero-order chi connectivity index (χ0) is 21.5. The molecule has 1 amide bonds. The fourth-order valence-corrected chi connectivity index (χ4v) is 3.70. The molecule has 0 saturated heterocycles. The van der Waals surface area contributed by atoms with Crippen molar-refractivity contribution in [1.82, 2.24) is 14.8 Å². The van der Waals surface area contributed by atoms with Gasteiger partial charge < -0.3 is 14.8 Å². The molecular weight excluding hydrogens is 400 g/mol. The summed E-state index contributed by atoms with van der Waals surface area (Å²) in [6.07, 6.45) is 1.77. The molecule has 30 heavy (non-hydrogen) atoms. The molecule has 0 atom stereocenters. The molecule has 2 aromatic carbocycles. The number of aromatic nitrogens is 3. The maximum Gasteiger partial charge on any atom is 0.234 e. The molecule has 0 aliphatic heterocycles. The van der Waals surface area contributed by atoms with Crippen LogP contribution in [0.2, 0.25) is 0 Å². The summed E-state index contributed by atoms with van der Waals surface area (Å²) >= 11 is 1.31. The Kier molecular flexibility index (Phi) is 7.13. The molecule has 3 aromatic rings. The molecule has 1 N–H and O–H groups in total. The van der Waals surface area contributed by atoms with E-state index in [1.807, 2.05) is 54.0 Å². The van der Waals surface area contributed by atoms with Crippen LogP contribution in [0.4, 0.5) is 5.69 Å². The molecule has 1 heterocycles. The Morgan fingerprint density at radius 3 is 2.67 bits per heavy atom. The van der Waals surface area contributed by atoms with Crippen molar-refractivity contribution in [3.8, 4) is 22.9 Å². The van der Waals surface area contributed by atoms with E-state index >= 15 is 0 Å². The Balaban J connectivity index is 1.77. The highest BCUT2D eigenvalue weighted by atomic mass is 32.2. The third-order valence-corrected chi connectivity index (χ3v) is 5.30. The number of allylic oxidation sites excluding steroid dienone is 1. The lowest BCUT2D eigenvalue weighted by Gasteiger charge is -2.12. The number of amides is 1. The number of hydrogen-bond donors (Lipinski definition) is 1. The van der Waals surface area contributed by atoms with Gasteiger partial charge in [-0.3, -0.25) is 9.36 Å². The van der Waals surface area contributed by atoms with Crippen molar-refractivity contribution in [2.75, 3.05) is 25.3 Å². The van der Waals surface area contributed by atoms with Crippen molar-refractivity contribution in [2.45, 2.75) is 18.6 Å². The lowest BCUT2D eigenvalue weighted by molar-refractivity contribution is -0.113. The first-order valence-electron chi connectivity index (χ1n) is 9.32. The first-order valence-corrected chi connectivity index (χ1v) is 10.3. The molecular formula is C22H24N4O3S. The van der Waals surface area contributed by atoms with E-state index in [0.717, 1.165) is 11.1 Å². The number of carbonyl (C=O) groups excluding carboxylic acids is 1. The lowest BCUT2D eigenvalue weighted by Crippen LogP contribution is -2.15. The number of nitrogens with zero attached hydrogens (tertiary/aromatic N) is 3. The standard InChI is InChI=1S/C22H24N4O3S/c1-5-12-26-21(16-8-6-7-9-18(16)28-3)24-25-22(26)30-14-20(27)23-17-13-15(2)10-11-19(17)29-4/h5-11,13H,1,12,14H2,2-4H3,(H,23,27). The molecule has 8 heteroatoms. The Morgan fingerprint density at radius 1 is 1.17 bits per heavy atom. The predicted octanol–water partition coefficient (Wildman–Crippen LogP) is 4.19. The highest BCUT2D eigenvalue weighted by Crippen LogP contribution is 2.31. The van der Waals surface area contributed by atoms with E-state index in [4.69, 9.17) is 9.47 Å². The van der Waals surface area contributed by atoms with Gasteiger partial charge in [0.1, 0.15) is 11.5 Å². The lowest BCUT2D eigenvalue weighted by atomic mass is 10.2. The monoisotopic (exact) mass is 424 g/mol. The van der Waals surface area contributed by atoms with Crippen LogP contribution in [0.15, 0.2) is 60.3 Å². The van der Waals surface area contributed by atoms with Crippen LogP contribution in [-0.2, 0) is 11.3 Å². The molecule has 1 aromatic heterocycles. The maximum absolute atomic E-state index is 12.5. The van der Waals surface area contributed by atoms with E-state index in [-0.39, 0.29) is 11.7 Å². The summed E-state index contributed by atoms with van der Waals surface area (Å²) in [5.74, 6) is 2.01. The van der Waals surface area contributed by atoms with Crippen molar-refractivity contribution < 1.29 is 14.3 Å². The van der Waals surface area contributed by atoms with E-state index in [2.05, 4.69) is 22.1 Å². The minimum Gasteiger partial charge on any atom is -0.496 e. The molecule has 0 aliphatic carbocycles. The normalized spacial score (nSPS) is 10.5. The Bertz CT molecular complexity index is 1050. The van der Waals surface area contributed by atoms with E-state index < -0.39 is 0 Å². The average molecular weight is 425 g/mol. The third kappa shape index (κ3) is 4.83. The van der Waals surface area contributed by atoms with Gasteiger partial charge in [-0.2, -0.15) is 0 Å². The summed E-state index contributed by atoms with van der Waals surface area (Å²) in [5.41, 5.74) is 2.51. The molecule has 0 bridgehead atoms. The van der Waals surface area contributed by atoms with Crippen LogP contribution in [0.1, 0.15) is 5.56 Å². The molecule has 0 saturated carbocycles. The highest BCUT2D eigenvalue weighted by molar-refractivity contribution is 7.99. The van der Waals surface area contributed by atoms with Gasteiger partial charge in [-0.15, -0.1) is 16.8 Å².